The van der Waals surface area contributed by atoms with Gasteiger partial charge in [-0.25, -0.2) is 0 Å². The van der Waals surface area contributed by atoms with E-state index in [0.29, 0.717) is 17.4 Å². The number of unbranched alkanes of at least 4 members (excludes halogenated alkanes) is 27. The first kappa shape index (κ1) is 82.1. The van der Waals surface area contributed by atoms with E-state index in [0.717, 1.165) is 116 Å². The van der Waals surface area contributed by atoms with E-state index in [2.05, 4.69) is 148 Å². The Kier molecular flexibility index (Phi) is 62.7. The third kappa shape index (κ3) is 69.3. The van der Waals surface area contributed by atoms with Crippen LogP contribution in [0.1, 0.15) is 284 Å². The predicted octanol–water partition coefficient (Wildman–Crippen LogP) is 22.2. The van der Waals surface area contributed by atoms with Crippen LogP contribution in [-0.2, 0) is 32.7 Å². The molecule has 10 heteroatoms. The van der Waals surface area contributed by atoms with Crippen molar-refractivity contribution in [2.75, 3.05) is 47.5 Å². The summed E-state index contributed by atoms with van der Waals surface area (Å²) >= 11 is 0. The van der Waals surface area contributed by atoms with Crippen LogP contribution in [-0.4, -0.2) is 70.0 Å². The smallest absolute Gasteiger partial charge is 0.306 e. The summed E-state index contributed by atoms with van der Waals surface area (Å²) in [5.74, 6) is -0.861. The van der Waals surface area contributed by atoms with Crippen LogP contribution in [0.5, 0.6) is 0 Å². The van der Waals surface area contributed by atoms with E-state index in [1.807, 2.05) is 21.1 Å². The normalized spacial score (nSPS) is 14.0. The van der Waals surface area contributed by atoms with Crippen molar-refractivity contribution in [2.45, 2.75) is 290 Å². The highest BCUT2D eigenvalue weighted by atomic mass is 31.2. The summed E-state index contributed by atoms with van der Waals surface area (Å²) < 4.78 is 34.2. The fourth-order valence-electron chi connectivity index (χ4n) is 9.39. The Hall–Kier alpha value is -3.85. The van der Waals surface area contributed by atoms with Crippen LogP contribution >= 0.6 is 7.82 Å². The molecule has 0 rings (SSSR count). The Morgan fingerprint density at radius 1 is 0.360 bits per heavy atom. The lowest BCUT2D eigenvalue weighted by molar-refractivity contribution is -0.870. The predicted molar refractivity (Wildman–Crippen MR) is 369 cm³/mol. The second-order valence-corrected chi connectivity index (χ2v) is 25.5. The third-order valence-corrected chi connectivity index (χ3v) is 15.6. The first-order valence-corrected chi connectivity index (χ1v) is 36.4. The lowest BCUT2D eigenvalue weighted by Gasteiger charge is -2.28. The van der Waals surface area contributed by atoms with E-state index >= 15 is 0 Å². The summed E-state index contributed by atoms with van der Waals surface area (Å²) in [5, 5.41) is 0. The van der Waals surface area contributed by atoms with E-state index < -0.39 is 26.5 Å². The molecular formula is C76H130NO8P. The molecule has 0 saturated carbocycles. The van der Waals surface area contributed by atoms with Gasteiger partial charge in [0.1, 0.15) is 19.8 Å². The number of quaternary nitrogens is 1. The molecule has 0 fully saturated rings. The number of nitrogens with zero attached hydrogens (tertiary/aromatic N) is 1. The minimum Gasteiger partial charge on any atom is -0.756 e. The maximum atomic E-state index is 12.8. The van der Waals surface area contributed by atoms with E-state index in [-0.39, 0.29) is 32.0 Å². The highest BCUT2D eigenvalue weighted by Gasteiger charge is 2.22. The molecule has 2 atom stereocenters. The number of allylic oxidation sites excluding steroid dienone is 22. The van der Waals surface area contributed by atoms with Crippen molar-refractivity contribution in [2.24, 2.45) is 0 Å². The lowest BCUT2D eigenvalue weighted by Crippen LogP contribution is -2.37. The maximum absolute atomic E-state index is 12.8. The lowest BCUT2D eigenvalue weighted by atomic mass is 10.0. The second-order valence-electron chi connectivity index (χ2n) is 24.1. The standard InChI is InChI=1S/C76H130NO8P/c1-6-8-10-12-14-16-18-20-22-24-26-28-30-31-32-33-34-35-36-37-38-39-40-41-42-43-44-45-47-48-50-52-54-56-58-60-62-64-66-68-75(78)82-72-74(73-84-86(80,81)83-71-70-77(3,4)5)85-76(79)69-67-65-63-61-59-57-55-53-51-49-46-29-27-25-23-21-19-17-15-13-11-9-7-2/h8-11,14-17,20-23,26-29,31-32,49,51,55,57,74H,6-7,12-13,18-19,24-25,30,33-48,50,52-54,56,58-73H2,1-5H3/b10-8-,11-9-,16-14-,17-15-,22-20-,23-21-,28-26-,29-27-,32-31-,51-49-,57-55-. The number of rotatable bonds is 63. The fourth-order valence-corrected chi connectivity index (χ4v) is 10.1. The van der Waals surface area contributed by atoms with Crippen LogP contribution in [0.15, 0.2) is 134 Å². The van der Waals surface area contributed by atoms with Crippen molar-refractivity contribution in [3.05, 3.63) is 134 Å². The number of likely N-dealkylation sites (N-methyl/N-ethyl adjacent to an activating group) is 1. The molecule has 0 saturated heterocycles. The summed E-state index contributed by atoms with van der Waals surface area (Å²) in [6.07, 6.45) is 95.4. The van der Waals surface area contributed by atoms with Gasteiger partial charge in [-0.05, 0) is 109 Å². The third-order valence-electron chi connectivity index (χ3n) is 14.7. The second kappa shape index (κ2) is 65.6. The summed E-state index contributed by atoms with van der Waals surface area (Å²) in [6.45, 7) is 3.99. The molecular weight excluding hydrogens is 1090 g/mol. The number of phosphoric acid groups is 1. The summed E-state index contributed by atoms with van der Waals surface area (Å²) in [5.41, 5.74) is 0. The van der Waals surface area contributed by atoms with Gasteiger partial charge in [0.25, 0.3) is 7.82 Å². The Labute approximate surface area is 530 Å². The number of ether oxygens (including phenoxy) is 2. The van der Waals surface area contributed by atoms with Gasteiger partial charge in [0.05, 0.1) is 27.7 Å². The van der Waals surface area contributed by atoms with E-state index in [4.69, 9.17) is 18.5 Å². The van der Waals surface area contributed by atoms with E-state index in [1.165, 1.54) is 135 Å². The number of phosphoric ester groups is 1. The summed E-state index contributed by atoms with van der Waals surface area (Å²) in [4.78, 5) is 38.0. The molecule has 492 valence electrons. The molecule has 0 radical (unpaired) electrons. The Morgan fingerprint density at radius 3 is 0.930 bits per heavy atom. The molecule has 0 amide bonds. The Bertz CT molecular complexity index is 1910. The number of hydrogen-bond donors (Lipinski definition) is 0. The van der Waals surface area contributed by atoms with Crippen molar-refractivity contribution in [3.8, 4) is 0 Å². The van der Waals surface area contributed by atoms with E-state index in [1.54, 1.807) is 0 Å². The maximum Gasteiger partial charge on any atom is 0.306 e. The van der Waals surface area contributed by atoms with Crippen LogP contribution in [0.4, 0.5) is 0 Å². The van der Waals surface area contributed by atoms with Crippen LogP contribution in [0.25, 0.3) is 0 Å². The molecule has 0 spiro atoms. The molecule has 0 aliphatic rings. The molecule has 0 aliphatic heterocycles. The van der Waals surface area contributed by atoms with Crippen LogP contribution in [0, 0.1) is 0 Å². The molecule has 0 N–H and O–H groups in total. The highest BCUT2D eigenvalue weighted by molar-refractivity contribution is 7.45. The topological polar surface area (TPSA) is 111 Å². The number of carbonyl (C=O) groups excluding carboxylic acids is 2. The fraction of sp³-hybridized carbons (Fsp3) is 0.684. The molecule has 86 heavy (non-hydrogen) atoms. The number of carbonyl (C=O) groups is 2. The SMILES string of the molecule is CC/C=C\C/C=C\C/C=C\C/C=C\C/C=C\C/C=C\CCCCCCC(=O)OC(COC(=O)CCCCCCCCCCCCCCCCCCCCCCCCC/C=C\C/C=C\C/C=C\C/C=C\C/C=C\CC)COP(=O)([O-])OCC[N+](C)(C)C. The van der Waals surface area contributed by atoms with Gasteiger partial charge in [0.15, 0.2) is 6.10 Å². The van der Waals surface area contributed by atoms with Gasteiger partial charge in [-0.15, -0.1) is 0 Å². The van der Waals surface area contributed by atoms with Gasteiger partial charge < -0.3 is 27.9 Å². The molecule has 0 heterocycles. The van der Waals surface area contributed by atoms with Crippen LogP contribution < -0.4 is 4.89 Å². The Morgan fingerprint density at radius 2 is 0.628 bits per heavy atom. The number of esters is 2. The average Bonchev–Trinajstić information content (AvgIpc) is 3.56. The summed E-state index contributed by atoms with van der Waals surface area (Å²) in [7, 11) is 1.14. The zero-order chi connectivity index (χ0) is 62.6. The van der Waals surface area contributed by atoms with Crippen LogP contribution in [0.2, 0.25) is 0 Å². The van der Waals surface area contributed by atoms with Gasteiger partial charge in [0.2, 0.25) is 0 Å². The highest BCUT2D eigenvalue weighted by Crippen LogP contribution is 2.38. The Balaban J connectivity index is 4.01. The van der Waals surface area contributed by atoms with E-state index in [9.17, 15) is 19.0 Å². The minimum atomic E-state index is -4.66. The van der Waals surface area contributed by atoms with Gasteiger partial charge in [-0.3, -0.25) is 14.2 Å². The van der Waals surface area contributed by atoms with Crippen molar-refractivity contribution in [3.63, 3.8) is 0 Å². The molecule has 0 aliphatic carbocycles. The van der Waals surface area contributed by atoms with Crippen molar-refractivity contribution in [1.29, 1.82) is 0 Å². The summed E-state index contributed by atoms with van der Waals surface area (Å²) in [6, 6.07) is 0. The van der Waals surface area contributed by atoms with Gasteiger partial charge in [-0.2, -0.15) is 0 Å². The van der Waals surface area contributed by atoms with Gasteiger partial charge in [-0.1, -0.05) is 295 Å². The molecule has 2 unspecified atom stereocenters. The zero-order valence-electron chi connectivity index (χ0n) is 56.0. The zero-order valence-corrected chi connectivity index (χ0v) is 56.9. The molecule has 0 aromatic rings. The molecule has 9 nitrogen and oxygen atoms in total. The first-order chi connectivity index (χ1) is 42.0. The van der Waals surface area contributed by atoms with Gasteiger partial charge >= 0.3 is 11.9 Å². The van der Waals surface area contributed by atoms with Crippen molar-refractivity contribution >= 4 is 19.8 Å². The van der Waals surface area contributed by atoms with Crippen molar-refractivity contribution in [1.82, 2.24) is 0 Å². The molecule has 0 aromatic carbocycles. The first-order valence-electron chi connectivity index (χ1n) is 34.9. The quantitative estimate of drug-likeness (QED) is 0.0195. The van der Waals surface area contributed by atoms with Crippen LogP contribution in [0.3, 0.4) is 0 Å². The van der Waals surface area contributed by atoms with Gasteiger partial charge in [0, 0.05) is 12.8 Å². The largest absolute Gasteiger partial charge is 0.756 e. The average molecular weight is 1220 g/mol. The van der Waals surface area contributed by atoms with Crippen molar-refractivity contribution < 1.29 is 42.1 Å². The number of hydrogen-bond acceptors (Lipinski definition) is 8. The molecule has 0 bridgehead atoms. The monoisotopic (exact) mass is 1220 g/mol. The molecule has 0 aromatic heterocycles. The minimum absolute atomic E-state index is 0.0411.